The van der Waals surface area contributed by atoms with Gasteiger partial charge in [-0.15, -0.1) is 0 Å². The average molecular weight is 244 g/mol. The molecule has 3 nitrogen and oxygen atoms in total. The number of benzene rings is 2. The minimum absolute atomic E-state index is 0.195. The fraction of sp³-hybridized carbons (Fsp3) is 0.267. The highest BCUT2D eigenvalue weighted by atomic mass is 16.5. The summed E-state index contributed by atoms with van der Waals surface area (Å²) in [5.74, 6) is 0.621. The molecule has 0 fully saturated rings. The van der Waals surface area contributed by atoms with Crippen molar-refractivity contribution in [2.75, 3.05) is 13.7 Å². The molecular formula is C15H16O3. The molecule has 0 radical (unpaired) electrons. The van der Waals surface area contributed by atoms with Gasteiger partial charge in [-0.2, -0.15) is 0 Å². The highest BCUT2D eigenvalue weighted by Crippen LogP contribution is 2.22. The Bertz CT molecular complexity index is 561. The first-order chi connectivity index (χ1) is 8.72. The van der Waals surface area contributed by atoms with Crippen molar-refractivity contribution < 1.29 is 14.3 Å². The molecular weight excluding hydrogens is 228 g/mol. The van der Waals surface area contributed by atoms with Gasteiger partial charge in [0.15, 0.2) is 0 Å². The van der Waals surface area contributed by atoms with Crippen LogP contribution in [-0.4, -0.2) is 19.7 Å². The maximum absolute atomic E-state index is 11.4. The summed E-state index contributed by atoms with van der Waals surface area (Å²) >= 11 is 0. The number of methoxy groups -OCH3 is 1. The van der Waals surface area contributed by atoms with Gasteiger partial charge in [0.2, 0.25) is 0 Å². The lowest BCUT2D eigenvalue weighted by Crippen LogP contribution is -2.07. The van der Waals surface area contributed by atoms with Crippen LogP contribution in [0.4, 0.5) is 0 Å². The Morgan fingerprint density at radius 2 is 1.89 bits per heavy atom. The minimum atomic E-state index is -0.195. The van der Waals surface area contributed by atoms with Crippen molar-refractivity contribution in [3.63, 3.8) is 0 Å². The summed E-state index contributed by atoms with van der Waals surface area (Å²) in [4.78, 5) is 11.4. The molecule has 0 aromatic heterocycles. The zero-order valence-corrected chi connectivity index (χ0v) is 10.6. The number of carbonyl (C=O) groups is 1. The molecule has 0 saturated carbocycles. The lowest BCUT2D eigenvalue weighted by molar-refractivity contribution is -0.142. The predicted octanol–water partition coefficient (Wildman–Crippen LogP) is 2.95. The first kappa shape index (κ1) is 12.4. The molecule has 2 aromatic carbocycles. The molecule has 2 rings (SSSR count). The van der Waals surface area contributed by atoms with Crippen LogP contribution in [0.2, 0.25) is 0 Å². The quantitative estimate of drug-likeness (QED) is 0.776. The van der Waals surface area contributed by atoms with Gasteiger partial charge in [0.1, 0.15) is 5.75 Å². The summed E-state index contributed by atoms with van der Waals surface area (Å²) < 4.78 is 10.1. The van der Waals surface area contributed by atoms with Crippen LogP contribution in [0, 0.1) is 0 Å². The summed E-state index contributed by atoms with van der Waals surface area (Å²) in [6.07, 6.45) is 0.307. The van der Waals surface area contributed by atoms with Gasteiger partial charge in [-0.05, 0) is 35.4 Å². The predicted molar refractivity (Wildman–Crippen MR) is 70.8 cm³/mol. The zero-order valence-electron chi connectivity index (χ0n) is 10.6. The van der Waals surface area contributed by atoms with E-state index in [4.69, 9.17) is 9.47 Å². The number of esters is 1. The molecule has 0 heterocycles. The molecule has 0 bridgehead atoms. The summed E-state index contributed by atoms with van der Waals surface area (Å²) in [6, 6.07) is 11.8. The first-order valence-electron chi connectivity index (χ1n) is 5.95. The number of carbonyl (C=O) groups excluding carboxylic acids is 1. The maximum atomic E-state index is 11.4. The van der Waals surface area contributed by atoms with Crippen molar-refractivity contribution in [1.82, 2.24) is 0 Å². The molecule has 0 unspecified atom stereocenters. The van der Waals surface area contributed by atoms with E-state index in [0.717, 1.165) is 22.1 Å². The zero-order chi connectivity index (χ0) is 13.0. The fourth-order valence-corrected chi connectivity index (χ4v) is 1.89. The fourth-order valence-electron chi connectivity index (χ4n) is 1.89. The van der Waals surface area contributed by atoms with E-state index in [0.29, 0.717) is 13.0 Å². The number of hydrogen-bond acceptors (Lipinski definition) is 3. The van der Waals surface area contributed by atoms with Gasteiger partial charge in [-0.1, -0.05) is 24.3 Å². The van der Waals surface area contributed by atoms with Gasteiger partial charge >= 0.3 is 5.97 Å². The topological polar surface area (TPSA) is 35.5 Å². The van der Waals surface area contributed by atoms with E-state index in [9.17, 15) is 4.79 Å². The second-order valence-corrected chi connectivity index (χ2v) is 4.03. The number of hydrogen-bond donors (Lipinski definition) is 0. The van der Waals surface area contributed by atoms with Gasteiger partial charge < -0.3 is 9.47 Å². The van der Waals surface area contributed by atoms with Crippen LogP contribution in [0.3, 0.4) is 0 Å². The van der Waals surface area contributed by atoms with E-state index < -0.39 is 0 Å². The first-order valence-corrected chi connectivity index (χ1v) is 5.95. The number of fused-ring (bicyclic) bond motifs is 1. The monoisotopic (exact) mass is 244 g/mol. The molecule has 0 spiro atoms. The number of ether oxygens (including phenoxy) is 2. The molecule has 0 saturated heterocycles. The van der Waals surface area contributed by atoms with Crippen molar-refractivity contribution in [2.45, 2.75) is 13.3 Å². The summed E-state index contributed by atoms with van der Waals surface area (Å²) in [7, 11) is 1.64. The van der Waals surface area contributed by atoms with Gasteiger partial charge in [-0.3, -0.25) is 4.79 Å². The van der Waals surface area contributed by atoms with Gasteiger partial charge in [-0.25, -0.2) is 0 Å². The smallest absolute Gasteiger partial charge is 0.310 e. The van der Waals surface area contributed by atoms with Crippen LogP contribution in [0.25, 0.3) is 10.8 Å². The normalized spacial score (nSPS) is 10.3. The van der Waals surface area contributed by atoms with E-state index in [1.54, 1.807) is 7.11 Å². The van der Waals surface area contributed by atoms with Crippen molar-refractivity contribution in [2.24, 2.45) is 0 Å². The van der Waals surface area contributed by atoms with Gasteiger partial charge in [0.25, 0.3) is 0 Å². The van der Waals surface area contributed by atoms with Crippen molar-refractivity contribution >= 4 is 16.7 Å². The molecule has 0 atom stereocenters. The second kappa shape index (κ2) is 5.54. The highest BCUT2D eigenvalue weighted by molar-refractivity contribution is 5.85. The Morgan fingerprint density at radius 3 is 2.61 bits per heavy atom. The Kier molecular flexibility index (Phi) is 3.82. The third kappa shape index (κ3) is 2.80. The second-order valence-electron chi connectivity index (χ2n) is 4.03. The Hall–Kier alpha value is -2.03. The molecule has 0 N–H and O–H groups in total. The average Bonchev–Trinajstić information content (AvgIpc) is 2.38. The minimum Gasteiger partial charge on any atom is -0.497 e. The molecule has 94 valence electrons. The lowest BCUT2D eigenvalue weighted by Gasteiger charge is -2.05. The standard InChI is InChI=1S/C15H16O3/c1-3-18-15(16)9-11-4-5-12-6-7-14(17-2)10-13(12)8-11/h4-8,10H,3,9H2,1-2H3. The van der Waals surface area contributed by atoms with E-state index >= 15 is 0 Å². The van der Waals surface area contributed by atoms with E-state index in [2.05, 4.69) is 0 Å². The largest absolute Gasteiger partial charge is 0.497 e. The van der Waals surface area contributed by atoms with E-state index in [-0.39, 0.29) is 5.97 Å². The van der Waals surface area contributed by atoms with Crippen LogP contribution in [0.15, 0.2) is 36.4 Å². The van der Waals surface area contributed by atoms with E-state index in [1.807, 2.05) is 43.3 Å². The summed E-state index contributed by atoms with van der Waals surface area (Å²) in [5.41, 5.74) is 0.953. The Labute approximate surface area is 106 Å². The van der Waals surface area contributed by atoms with Crippen molar-refractivity contribution in [3.05, 3.63) is 42.0 Å². The van der Waals surface area contributed by atoms with Crippen LogP contribution in [0.1, 0.15) is 12.5 Å². The van der Waals surface area contributed by atoms with Crippen LogP contribution >= 0.6 is 0 Å². The summed E-state index contributed by atoms with van der Waals surface area (Å²) in [5, 5.41) is 2.19. The Morgan fingerprint density at radius 1 is 1.11 bits per heavy atom. The van der Waals surface area contributed by atoms with Crippen molar-refractivity contribution in [1.29, 1.82) is 0 Å². The van der Waals surface area contributed by atoms with Crippen LogP contribution < -0.4 is 4.74 Å². The third-order valence-corrected chi connectivity index (χ3v) is 2.77. The molecule has 18 heavy (non-hydrogen) atoms. The van der Waals surface area contributed by atoms with Gasteiger partial charge in [0.05, 0.1) is 20.1 Å². The Balaban J connectivity index is 2.27. The highest BCUT2D eigenvalue weighted by Gasteiger charge is 2.05. The van der Waals surface area contributed by atoms with Gasteiger partial charge in [0, 0.05) is 0 Å². The summed E-state index contributed by atoms with van der Waals surface area (Å²) in [6.45, 7) is 2.23. The lowest BCUT2D eigenvalue weighted by atomic mass is 10.0. The van der Waals surface area contributed by atoms with Crippen LogP contribution in [0.5, 0.6) is 5.75 Å². The molecule has 0 aliphatic heterocycles. The molecule has 3 heteroatoms. The SMILES string of the molecule is CCOC(=O)Cc1ccc2ccc(OC)cc2c1. The van der Waals surface area contributed by atoms with Crippen LogP contribution in [-0.2, 0) is 16.0 Å². The van der Waals surface area contributed by atoms with E-state index in [1.165, 1.54) is 0 Å². The number of rotatable bonds is 4. The maximum Gasteiger partial charge on any atom is 0.310 e. The molecule has 0 aliphatic carbocycles. The van der Waals surface area contributed by atoms with Crippen molar-refractivity contribution in [3.8, 4) is 5.75 Å². The third-order valence-electron chi connectivity index (χ3n) is 2.77. The molecule has 0 amide bonds. The molecule has 2 aromatic rings. The molecule has 0 aliphatic rings.